The molecule has 1 heterocycles. The van der Waals surface area contributed by atoms with Crippen LogP contribution < -0.4 is 5.32 Å². The zero-order valence-corrected chi connectivity index (χ0v) is 12.4. The van der Waals surface area contributed by atoms with Gasteiger partial charge in [0.2, 0.25) is 5.91 Å². The first kappa shape index (κ1) is 16.4. The van der Waals surface area contributed by atoms with Gasteiger partial charge in [-0.2, -0.15) is 0 Å². The Morgan fingerprint density at radius 1 is 1.21 bits per heavy atom. The van der Waals surface area contributed by atoms with Gasteiger partial charge in [-0.25, -0.2) is 8.42 Å². The van der Waals surface area contributed by atoms with Crippen LogP contribution >= 0.6 is 0 Å². The van der Waals surface area contributed by atoms with Gasteiger partial charge >= 0.3 is 0 Å². The predicted octanol–water partition coefficient (Wildman–Crippen LogP) is -0.350. The Balaban J connectivity index is 2.08. The zero-order chi connectivity index (χ0) is 14.1. The third-order valence-corrected chi connectivity index (χ3v) is 4.84. The Bertz CT molecular complexity index is 364. The summed E-state index contributed by atoms with van der Waals surface area (Å²) in [7, 11) is -2.93. The molecule has 0 aromatic carbocycles. The van der Waals surface area contributed by atoms with E-state index in [9.17, 15) is 13.2 Å². The van der Waals surface area contributed by atoms with Gasteiger partial charge in [-0.15, -0.1) is 0 Å². The smallest absolute Gasteiger partial charge is 0.224 e. The molecule has 0 aliphatic carbocycles. The number of sulfone groups is 1. The Kier molecular flexibility index (Phi) is 7.33. The molecule has 1 fully saturated rings. The number of morpholine rings is 1. The van der Waals surface area contributed by atoms with Crippen LogP contribution in [0.25, 0.3) is 0 Å². The molecule has 1 aliphatic rings. The lowest BCUT2D eigenvalue weighted by atomic mass is 10.3. The number of rotatable bonds is 8. The largest absolute Gasteiger partial charge is 0.378 e. The Morgan fingerprint density at radius 3 is 2.53 bits per heavy atom. The van der Waals surface area contributed by atoms with Gasteiger partial charge in [-0.1, -0.05) is 6.92 Å². The van der Waals surface area contributed by atoms with E-state index in [4.69, 9.17) is 4.74 Å². The minimum absolute atomic E-state index is 0.104. The van der Waals surface area contributed by atoms with Gasteiger partial charge in [-0.3, -0.25) is 4.79 Å². The van der Waals surface area contributed by atoms with E-state index in [0.29, 0.717) is 52.2 Å². The average Bonchev–Trinajstić information content (AvgIpc) is 2.39. The molecule has 6 nitrogen and oxygen atoms in total. The number of hydrogen-bond donors (Lipinski definition) is 1. The average molecular weight is 292 g/mol. The van der Waals surface area contributed by atoms with Crippen molar-refractivity contribution in [1.82, 2.24) is 10.2 Å². The van der Waals surface area contributed by atoms with E-state index in [1.54, 1.807) is 4.90 Å². The van der Waals surface area contributed by atoms with Crippen LogP contribution in [0.4, 0.5) is 0 Å². The number of ether oxygens (including phenoxy) is 1. The summed E-state index contributed by atoms with van der Waals surface area (Å²) in [5.74, 6) is 0.487. The summed E-state index contributed by atoms with van der Waals surface area (Å²) in [5, 5.41) is 3.01. The molecule has 0 radical (unpaired) electrons. The molecule has 112 valence electrons. The zero-order valence-electron chi connectivity index (χ0n) is 11.6. The monoisotopic (exact) mass is 292 g/mol. The third-order valence-electron chi connectivity index (χ3n) is 2.98. The summed E-state index contributed by atoms with van der Waals surface area (Å²) in [6.45, 7) is 5.32. The van der Waals surface area contributed by atoms with Crippen LogP contribution in [0.1, 0.15) is 19.8 Å². The molecule has 0 aromatic heterocycles. The molecule has 0 atom stereocenters. The van der Waals surface area contributed by atoms with Crippen molar-refractivity contribution < 1.29 is 17.9 Å². The molecule has 1 rings (SSSR count). The highest BCUT2D eigenvalue weighted by atomic mass is 32.2. The fourth-order valence-electron chi connectivity index (χ4n) is 1.93. The molecular weight excluding hydrogens is 268 g/mol. The van der Waals surface area contributed by atoms with Gasteiger partial charge in [0.25, 0.3) is 0 Å². The number of nitrogens with zero attached hydrogens (tertiary/aromatic N) is 1. The molecule has 1 N–H and O–H groups in total. The highest BCUT2D eigenvalue weighted by molar-refractivity contribution is 7.91. The van der Waals surface area contributed by atoms with Crippen molar-refractivity contribution in [2.24, 2.45) is 0 Å². The summed E-state index contributed by atoms with van der Waals surface area (Å²) in [6, 6.07) is 0. The van der Waals surface area contributed by atoms with Crippen molar-refractivity contribution in [3.8, 4) is 0 Å². The van der Waals surface area contributed by atoms with Gasteiger partial charge in [0.05, 0.1) is 19.0 Å². The van der Waals surface area contributed by atoms with Crippen molar-refractivity contribution in [2.75, 3.05) is 50.9 Å². The predicted molar refractivity (Wildman–Crippen MR) is 73.8 cm³/mol. The standard InChI is InChI=1S/C12H24N2O4S/c1-2-10-19(16,17)11-5-13-4-3-12(15)14-6-8-18-9-7-14/h13H,2-11H2,1H3. The molecule has 1 amide bonds. The van der Waals surface area contributed by atoms with Crippen LogP contribution in [0, 0.1) is 0 Å². The van der Waals surface area contributed by atoms with Crippen molar-refractivity contribution in [1.29, 1.82) is 0 Å². The van der Waals surface area contributed by atoms with E-state index in [1.807, 2.05) is 6.92 Å². The maximum absolute atomic E-state index is 11.8. The lowest BCUT2D eigenvalue weighted by molar-refractivity contribution is -0.135. The maximum atomic E-state index is 11.8. The van der Waals surface area contributed by atoms with E-state index >= 15 is 0 Å². The van der Waals surface area contributed by atoms with Crippen LogP contribution in [0.2, 0.25) is 0 Å². The molecule has 0 spiro atoms. The SMILES string of the molecule is CCCS(=O)(=O)CCNCCC(=O)N1CCOCC1. The quantitative estimate of drug-likeness (QED) is 0.619. The van der Waals surface area contributed by atoms with Crippen molar-refractivity contribution in [3.05, 3.63) is 0 Å². The summed E-state index contributed by atoms with van der Waals surface area (Å²) >= 11 is 0. The number of carbonyl (C=O) groups excluding carboxylic acids is 1. The molecule has 0 unspecified atom stereocenters. The van der Waals surface area contributed by atoms with Crippen LogP contribution in [0.3, 0.4) is 0 Å². The van der Waals surface area contributed by atoms with Crippen LogP contribution in [0.15, 0.2) is 0 Å². The van der Waals surface area contributed by atoms with E-state index < -0.39 is 9.84 Å². The van der Waals surface area contributed by atoms with Crippen molar-refractivity contribution in [2.45, 2.75) is 19.8 Å². The molecule has 0 aromatic rings. The normalized spacial score (nSPS) is 16.6. The fraction of sp³-hybridized carbons (Fsp3) is 0.917. The lowest BCUT2D eigenvalue weighted by Gasteiger charge is -2.26. The molecule has 19 heavy (non-hydrogen) atoms. The van der Waals surface area contributed by atoms with Crippen LogP contribution in [-0.2, 0) is 19.4 Å². The second kappa shape index (κ2) is 8.50. The first-order chi connectivity index (χ1) is 9.05. The summed E-state index contributed by atoms with van der Waals surface area (Å²) < 4.78 is 28.1. The Labute approximate surface area is 115 Å². The van der Waals surface area contributed by atoms with Gasteiger partial charge in [-0.05, 0) is 6.42 Å². The second-order valence-electron chi connectivity index (χ2n) is 4.64. The van der Waals surface area contributed by atoms with Crippen molar-refractivity contribution >= 4 is 15.7 Å². The summed E-state index contributed by atoms with van der Waals surface area (Å²) in [4.78, 5) is 13.6. The minimum atomic E-state index is -2.93. The summed E-state index contributed by atoms with van der Waals surface area (Å²) in [5.41, 5.74) is 0. The van der Waals surface area contributed by atoms with E-state index in [-0.39, 0.29) is 17.4 Å². The molecule has 1 aliphatic heterocycles. The molecule has 0 bridgehead atoms. The highest BCUT2D eigenvalue weighted by Crippen LogP contribution is 1.99. The van der Waals surface area contributed by atoms with Gasteiger partial charge < -0.3 is 15.0 Å². The topological polar surface area (TPSA) is 75.7 Å². The number of amides is 1. The Morgan fingerprint density at radius 2 is 1.89 bits per heavy atom. The molecule has 7 heteroatoms. The second-order valence-corrected chi connectivity index (χ2v) is 6.95. The van der Waals surface area contributed by atoms with Crippen molar-refractivity contribution in [3.63, 3.8) is 0 Å². The maximum Gasteiger partial charge on any atom is 0.224 e. The molecule has 0 saturated carbocycles. The van der Waals surface area contributed by atoms with E-state index in [2.05, 4.69) is 5.32 Å². The lowest BCUT2D eigenvalue weighted by Crippen LogP contribution is -2.41. The van der Waals surface area contributed by atoms with Gasteiger partial charge in [0.15, 0.2) is 9.84 Å². The number of hydrogen-bond acceptors (Lipinski definition) is 5. The summed E-state index contributed by atoms with van der Waals surface area (Å²) in [6.07, 6.45) is 1.06. The highest BCUT2D eigenvalue weighted by Gasteiger charge is 2.16. The third kappa shape index (κ3) is 6.89. The van der Waals surface area contributed by atoms with E-state index in [0.717, 1.165) is 0 Å². The first-order valence-corrected chi connectivity index (χ1v) is 8.64. The molecular formula is C12H24N2O4S. The van der Waals surface area contributed by atoms with Gasteiger partial charge in [0, 0.05) is 38.4 Å². The number of carbonyl (C=O) groups is 1. The Hall–Kier alpha value is -0.660. The van der Waals surface area contributed by atoms with Crippen LogP contribution in [0.5, 0.6) is 0 Å². The van der Waals surface area contributed by atoms with Gasteiger partial charge in [0.1, 0.15) is 0 Å². The minimum Gasteiger partial charge on any atom is -0.378 e. The number of nitrogens with one attached hydrogen (secondary N) is 1. The fourth-order valence-corrected chi connectivity index (χ4v) is 3.21. The van der Waals surface area contributed by atoms with Crippen LogP contribution in [-0.4, -0.2) is 70.1 Å². The first-order valence-electron chi connectivity index (χ1n) is 6.82. The van der Waals surface area contributed by atoms with E-state index in [1.165, 1.54) is 0 Å². The molecule has 1 saturated heterocycles.